The number of imidazole rings is 1. The van der Waals surface area contributed by atoms with Gasteiger partial charge in [0.1, 0.15) is 11.3 Å². The fourth-order valence-electron chi connectivity index (χ4n) is 2.18. The van der Waals surface area contributed by atoms with Gasteiger partial charge in [-0.25, -0.2) is 4.98 Å². The molecule has 0 aliphatic carbocycles. The maximum absolute atomic E-state index is 12.8. The first-order valence-corrected chi connectivity index (χ1v) is 7.25. The van der Waals surface area contributed by atoms with Crippen LogP contribution in [0.2, 0.25) is 5.02 Å². The van der Waals surface area contributed by atoms with Gasteiger partial charge in [0, 0.05) is 12.4 Å². The Morgan fingerprint density at radius 2 is 2.00 bits per heavy atom. The topological polar surface area (TPSA) is 46.4 Å². The largest absolute Gasteiger partial charge is 0.416 e. The Bertz CT molecular complexity index is 934. The Hall–Kier alpha value is -2.54. The molecule has 0 aliphatic rings. The van der Waals surface area contributed by atoms with Gasteiger partial charge in [0.25, 0.3) is 5.91 Å². The van der Waals surface area contributed by atoms with E-state index in [1.54, 1.807) is 16.7 Å². The molecule has 3 aromatic rings. The Morgan fingerprint density at radius 1 is 1.25 bits per heavy atom. The molecule has 0 aliphatic heterocycles. The molecule has 0 saturated carbocycles. The van der Waals surface area contributed by atoms with Crippen LogP contribution in [-0.4, -0.2) is 15.3 Å². The second-order valence-corrected chi connectivity index (χ2v) is 5.65. The summed E-state index contributed by atoms with van der Waals surface area (Å²) < 4.78 is 39.9. The average Bonchev–Trinajstić information content (AvgIpc) is 2.91. The first-order chi connectivity index (χ1) is 11.2. The number of alkyl halides is 3. The number of aryl methyl sites for hydroxylation is 1. The number of nitrogens with one attached hydrogen (secondary N) is 1. The number of anilines is 1. The number of pyridine rings is 1. The predicted molar refractivity (Wildman–Crippen MR) is 84.3 cm³/mol. The summed E-state index contributed by atoms with van der Waals surface area (Å²) in [5.41, 5.74) is 0.600. The highest BCUT2D eigenvalue weighted by atomic mass is 35.5. The summed E-state index contributed by atoms with van der Waals surface area (Å²) in [5, 5.41) is 2.38. The minimum atomic E-state index is -4.52. The number of rotatable bonds is 2. The van der Waals surface area contributed by atoms with Crippen LogP contribution < -0.4 is 5.32 Å². The molecule has 124 valence electrons. The van der Waals surface area contributed by atoms with E-state index in [0.717, 1.165) is 23.8 Å². The van der Waals surface area contributed by atoms with Crippen molar-refractivity contribution in [1.82, 2.24) is 9.38 Å². The fraction of sp³-hybridized carbons (Fsp3) is 0.125. The number of amides is 1. The monoisotopic (exact) mass is 353 g/mol. The van der Waals surface area contributed by atoms with Crippen molar-refractivity contribution in [2.75, 3.05) is 5.32 Å². The number of hydrogen-bond acceptors (Lipinski definition) is 2. The molecule has 2 aromatic heterocycles. The second-order valence-electron chi connectivity index (χ2n) is 5.24. The van der Waals surface area contributed by atoms with E-state index in [2.05, 4.69) is 10.3 Å². The Labute approximate surface area is 139 Å². The molecule has 1 amide bonds. The summed E-state index contributed by atoms with van der Waals surface area (Å²) in [5.74, 6) is -0.641. The number of carbonyl (C=O) groups excluding carboxylic acids is 1. The molecule has 4 nitrogen and oxygen atoms in total. The van der Waals surface area contributed by atoms with E-state index in [4.69, 9.17) is 11.6 Å². The van der Waals surface area contributed by atoms with Gasteiger partial charge in [-0.3, -0.25) is 4.79 Å². The van der Waals surface area contributed by atoms with Crippen LogP contribution in [0.15, 0.2) is 42.7 Å². The molecule has 8 heteroatoms. The van der Waals surface area contributed by atoms with E-state index in [-0.39, 0.29) is 16.4 Å². The normalized spacial score (nSPS) is 11.7. The quantitative estimate of drug-likeness (QED) is 0.733. The van der Waals surface area contributed by atoms with Crippen molar-refractivity contribution in [3.8, 4) is 0 Å². The molecule has 0 bridgehead atoms. The molecule has 0 unspecified atom stereocenters. The van der Waals surface area contributed by atoms with Gasteiger partial charge in [0.05, 0.1) is 16.3 Å². The lowest BCUT2D eigenvalue weighted by Crippen LogP contribution is -2.14. The highest BCUT2D eigenvalue weighted by molar-refractivity contribution is 6.33. The van der Waals surface area contributed by atoms with Crippen molar-refractivity contribution in [1.29, 1.82) is 0 Å². The SMILES string of the molecule is Cc1ccn2cc(C(=O)Nc3cc(C(F)(F)F)ccc3Cl)nc2c1. The molecule has 24 heavy (non-hydrogen) atoms. The van der Waals surface area contributed by atoms with E-state index in [1.165, 1.54) is 6.20 Å². The van der Waals surface area contributed by atoms with E-state index in [0.29, 0.717) is 5.65 Å². The third-order valence-corrected chi connectivity index (χ3v) is 3.72. The van der Waals surface area contributed by atoms with Gasteiger partial charge < -0.3 is 9.72 Å². The summed E-state index contributed by atoms with van der Waals surface area (Å²) in [6.07, 6.45) is -1.29. The van der Waals surface area contributed by atoms with Gasteiger partial charge in [-0.1, -0.05) is 11.6 Å². The Kier molecular flexibility index (Phi) is 3.96. The summed E-state index contributed by atoms with van der Waals surface area (Å²) in [4.78, 5) is 16.4. The lowest BCUT2D eigenvalue weighted by atomic mass is 10.2. The van der Waals surface area contributed by atoms with Crippen molar-refractivity contribution in [3.05, 3.63) is 64.6 Å². The van der Waals surface area contributed by atoms with E-state index in [1.807, 2.05) is 13.0 Å². The standard InChI is InChI=1S/C16H11ClF3N3O/c1-9-4-5-23-8-13(21-14(23)6-9)15(24)22-12-7-10(16(18,19)20)2-3-11(12)17/h2-8H,1H3,(H,22,24). The molecule has 3 rings (SSSR count). The molecule has 0 atom stereocenters. The number of benzene rings is 1. The minimum absolute atomic E-state index is 0.0101. The van der Waals surface area contributed by atoms with Gasteiger partial charge in [0.15, 0.2) is 0 Å². The van der Waals surface area contributed by atoms with Crippen molar-refractivity contribution in [2.45, 2.75) is 13.1 Å². The zero-order chi connectivity index (χ0) is 17.5. The number of hydrogen-bond donors (Lipinski definition) is 1. The number of aromatic nitrogens is 2. The van der Waals surface area contributed by atoms with Gasteiger partial charge >= 0.3 is 6.18 Å². The first kappa shape index (κ1) is 16.3. The van der Waals surface area contributed by atoms with Crippen LogP contribution in [0.3, 0.4) is 0 Å². The Balaban J connectivity index is 1.91. The summed E-state index contributed by atoms with van der Waals surface area (Å²) >= 11 is 5.87. The third kappa shape index (κ3) is 3.21. The van der Waals surface area contributed by atoms with Crippen molar-refractivity contribution in [2.24, 2.45) is 0 Å². The summed E-state index contributed by atoms with van der Waals surface area (Å²) in [7, 11) is 0. The zero-order valence-corrected chi connectivity index (χ0v) is 13.1. The van der Waals surface area contributed by atoms with Crippen molar-refractivity contribution < 1.29 is 18.0 Å². The van der Waals surface area contributed by atoms with Crippen LogP contribution in [0, 0.1) is 6.92 Å². The third-order valence-electron chi connectivity index (χ3n) is 3.39. The van der Waals surface area contributed by atoms with Gasteiger partial charge in [0.2, 0.25) is 0 Å². The number of fused-ring (bicyclic) bond motifs is 1. The first-order valence-electron chi connectivity index (χ1n) is 6.87. The lowest BCUT2D eigenvalue weighted by Gasteiger charge is -2.10. The van der Waals surface area contributed by atoms with Crippen LogP contribution in [-0.2, 0) is 6.18 Å². The smallest absolute Gasteiger partial charge is 0.319 e. The van der Waals surface area contributed by atoms with E-state index < -0.39 is 17.6 Å². The molecular weight excluding hydrogens is 343 g/mol. The number of carbonyl (C=O) groups is 1. The molecule has 1 aromatic carbocycles. The van der Waals surface area contributed by atoms with E-state index >= 15 is 0 Å². The highest BCUT2D eigenvalue weighted by Gasteiger charge is 2.31. The maximum Gasteiger partial charge on any atom is 0.416 e. The second kappa shape index (κ2) is 5.83. The fourth-order valence-corrected chi connectivity index (χ4v) is 2.34. The molecule has 1 N–H and O–H groups in total. The Morgan fingerprint density at radius 3 is 2.71 bits per heavy atom. The summed E-state index contributed by atoms with van der Waals surface area (Å²) in [6.45, 7) is 1.89. The molecule has 0 spiro atoms. The predicted octanol–water partition coefficient (Wildman–Crippen LogP) is 4.57. The van der Waals surface area contributed by atoms with Gasteiger partial charge in [-0.2, -0.15) is 13.2 Å². The van der Waals surface area contributed by atoms with Crippen LogP contribution in [0.4, 0.5) is 18.9 Å². The van der Waals surface area contributed by atoms with Gasteiger partial charge in [-0.15, -0.1) is 0 Å². The zero-order valence-electron chi connectivity index (χ0n) is 12.4. The van der Waals surface area contributed by atoms with Crippen molar-refractivity contribution in [3.63, 3.8) is 0 Å². The minimum Gasteiger partial charge on any atom is -0.319 e. The number of halogens is 4. The number of nitrogens with zero attached hydrogens (tertiary/aromatic N) is 2. The molecule has 2 heterocycles. The maximum atomic E-state index is 12.8. The molecular formula is C16H11ClF3N3O. The molecule has 0 fully saturated rings. The average molecular weight is 354 g/mol. The summed E-state index contributed by atoms with van der Waals surface area (Å²) in [6, 6.07) is 6.37. The van der Waals surface area contributed by atoms with Crippen molar-refractivity contribution >= 4 is 28.8 Å². The van der Waals surface area contributed by atoms with Crippen LogP contribution >= 0.6 is 11.6 Å². The molecule has 0 radical (unpaired) electrons. The van der Waals surface area contributed by atoms with Gasteiger partial charge in [-0.05, 0) is 42.8 Å². The highest BCUT2D eigenvalue weighted by Crippen LogP contribution is 2.33. The van der Waals surface area contributed by atoms with Crippen LogP contribution in [0.25, 0.3) is 5.65 Å². The van der Waals surface area contributed by atoms with Crippen LogP contribution in [0.1, 0.15) is 21.6 Å². The van der Waals surface area contributed by atoms with Crippen LogP contribution in [0.5, 0.6) is 0 Å². The van der Waals surface area contributed by atoms with E-state index in [9.17, 15) is 18.0 Å². The lowest BCUT2D eigenvalue weighted by molar-refractivity contribution is -0.137. The molecule has 0 saturated heterocycles.